The van der Waals surface area contributed by atoms with Gasteiger partial charge in [-0.3, -0.25) is 10.1 Å². The molecule has 3 rings (SSSR count). The first-order valence-electron chi connectivity index (χ1n) is 8.14. The standard InChI is InChI=1S/C17H18FN3O4S/c18-14-7-8-16(21(22)23)17(13-14)19-9-4-10-20(12-11-19)26(24,25)15-5-2-1-3-6-15/h1-3,5-8,13H,4,9-12H2. The first kappa shape index (κ1) is 18.3. The van der Waals surface area contributed by atoms with Crippen molar-refractivity contribution in [2.24, 2.45) is 0 Å². The van der Waals surface area contributed by atoms with Crippen molar-refractivity contribution in [3.8, 4) is 0 Å². The lowest BCUT2D eigenvalue weighted by molar-refractivity contribution is -0.384. The van der Waals surface area contributed by atoms with Gasteiger partial charge in [-0.25, -0.2) is 12.8 Å². The van der Waals surface area contributed by atoms with E-state index < -0.39 is 20.8 Å². The third-order valence-corrected chi connectivity index (χ3v) is 6.22. The molecule has 26 heavy (non-hydrogen) atoms. The number of nitro benzene ring substituents is 1. The van der Waals surface area contributed by atoms with Crippen LogP contribution in [-0.4, -0.2) is 43.8 Å². The van der Waals surface area contributed by atoms with E-state index in [0.29, 0.717) is 19.5 Å². The van der Waals surface area contributed by atoms with Crippen LogP contribution in [0.25, 0.3) is 0 Å². The Labute approximate surface area is 150 Å². The van der Waals surface area contributed by atoms with Gasteiger partial charge in [0.2, 0.25) is 10.0 Å². The average Bonchev–Trinajstić information content (AvgIpc) is 2.88. The zero-order valence-corrected chi connectivity index (χ0v) is 14.7. The van der Waals surface area contributed by atoms with Crippen LogP contribution in [0.4, 0.5) is 15.8 Å². The minimum Gasteiger partial charge on any atom is -0.365 e. The predicted molar refractivity (Wildman–Crippen MR) is 95.1 cm³/mol. The Morgan fingerprint density at radius 1 is 1.00 bits per heavy atom. The maximum atomic E-state index is 13.6. The molecule has 1 aliphatic rings. The molecule has 0 N–H and O–H groups in total. The summed E-state index contributed by atoms with van der Waals surface area (Å²) in [4.78, 5) is 12.5. The Balaban J connectivity index is 1.84. The molecule has 0 radical (unpaired) electrons. The molecule has 138 valence electrons. The van der Waals surface area contributed by atoms with Gasteiger partial charge in [-0.1, -0.05) is 18.2 Å². The van der Waals surface area contributed by atoms with Crippen molar-refractivity contribution in [2.45, 2.75) is 11.3 Å². The largest absolute Gasteiger partial charge is 0.365 e. The molecule has 0 unspecified atom stereocenters. The summed E-state index contributed by atoms with van der Waals surface area (Å²) >= 11 is 0. The number of hydrogen-bond donors (Lipinski definition) is 0. The summed E-state index contributed by atoms with van der Waals surface area (Å²) < 4.78 is 40.5. The molecule has 0 saturated carbocycles. The lowest BCUT2D eigenvalue weighted by atomic mass is 10.2. The highest BCUT2D eigenvalue weighted by Crippen LogP contribution is 2.30. The topological polar surface area (TPSA) is 83.8 Å². The Kier molecular flexibility index (Phi) is 5.19. The van der Waals surface area contributed by atoms with Gasteiger partial charge in [0.15, 0.2) is 0 Å². The molecule has 2 aromatic carbocycles. The van der Waals surface area contributed by atoms with E-state index in [0.717, 1.165) is 18.2 Å². The van der Waals surface area contributed by atoms with Gasteiger partial charge in [0.1, 0.15) is 11.5 Å². The molecule has 1 saturated heterocycles. The predicted octanol–water partition coefficient (Wildman–Crippen LogP) is 2.63. The van der Waals surface area contributed by atoms with E-state index in [2.05, 4.69) is 0 Å². The van der Waals surface area contributed by atoms with Crippen molar-refractivity contribution in [1.82, 2.24) is 4.31 Å². The highest BCUT2D eigenvalue weighted by Gasteiger charge is 2.28. The normalized spacial score (nSPS) is 16.3. The molecule has 2 aromatic rings. The minimum absolute atomic E-state index is 0.172. The Morgan fingerprint density at radius 3 is 2.42 bits per heavy atom. The smallest absolute Gasteiger partial charge is 0.292 e. The van der Waals surface area contributed by atoms with E-state index >= 15 is 0 Å². The summed E-state index contributed by atoms with van der Waals surface area (Å²) in [6.07, 6.45) is 0.486. The minimum atomic E-state index is -3.63. The Morgan fingerprint density at radius 2 is 1.73 bits per heavy atom. The molecule has 7 nitrogen and oxygen atoms in total. The number of sulfonamides is 1. The van der Waals surface area contributed by atoms with Crippen molar-refractivity contribution >= 4 is 21.4 Å². The van der Waals surface area contributed by atoms with E-state index in [-0.39, 0.29) is 29.4 Å². The zero-order chi connectivity index (χ0) is 18.7. The molecule has 0 atom stereocenters. The van der Waals surface area contributed by atoms with E-state index in [4.69, 9.17) is 0 Å². The first-order valence-corrected chi connectivity index (χ1v) is 9.58. The second-order valence-corrected chi connectivity index (χ2v) is 7.89. The van der Waals surface area contributed by atoms with Crippen LogP contribution in [0.5, 0.6) is 0 Å². The van der Waals surface area contributed by atoms with Crippen LogP contribution in [0.1, 0.15) is 6.42 Å². The highest BCUT2D eigenvalue weighted by atomic mass is 32.2. The maximum absolute atomic E-state index is 13.6. The molecule has 1 heterocycles. The molecular formula is C17H18FN3O4S. The summed E-state index contributed by atoms with van der Waals surface area (Å²) in [5.41, 5.74) is -0.0141. The number of halogens is 1. The van der Waals surface area contributed by atoms with Crippen molar-refractivity contribution < 1.29 is 17.7 Å². The van der Waals surface area contributed by atoms with Gasteiger partial charge < -0.3 is 4.90 Å². The van der Waals surface area contributed by atoms with E-state index in [1.807, 2.05) is 0 Å². The summed E-state index contributed by atoms with van der Waals surface area (Å²) in [6.45, 7) is 1.13. The molecule has 0 bridgehead atoms. The van der Waals surface area contributed by atoms with Gasteiger partial charge in [-0.05, 0) is 24.6 Å². The molecule has 0 aliphatic carbocycles. The number of benzene rings is 2. The lowest BCUT2D eigenvalue weighted by Gasteiger charge is -2.23. The maximum Gasteiger partial charge on any atom is 0.292 e. The SMILES string of the molecule is O=[N+]([O-])c1ccc(F)cc1N1CCCN(S(=O)(=O)c2ccccc2)CC1. The fourth-order valence-corrected chi connectivity index (χ4v) is 4.51. The van der Waals surface area contributed by atoms with E-state index in [1.54, 1.807) is 23.1 Å². The van der Waals surface area contributed by atoms with Crippen LogP contribution in [0.2, 0.25) is 0 Å². The number of nitro groups is 1. The van der Waals surface area contributed by atoms with Crippen LogP contribution in [0.3, 0.4) is 0 Å². The second kappa shape index (κ2) is 7.38. The highest BCUT2D eigenvalue weighted by molar-refractivity contribution is 7.89. The molecule has 0 amide bonds. The van der Waals surface area contributed by atoms with Crippen molar-refractivity contribution in [2.75, 3.05) is 31.1 Å². The number of anilines is 1. The quantitative estimate of drug-likeness (QED) is 0.602. The molecule has 1 fully saturated rings. The second-order valence-electron chi connectivity index (χ2n) is 5.95. The third-order valence-electron chi connectivity index (χ3n) is 4.31. The molecule has 0 spiro atoms. The summed E-state index contributed by atoms with van der Waals surface area (Å²) in [5.74, 6) is -0.566. The Hall–Kier alpha value is -2.52. The third kappa shape index (κ3) is 3.68. The first-order chi connectivity index (χ1) is 12.4. The lowest BCUT2D eigenvalue weighted by Crippen LogP contribution is -2.35. The van der Waals surface area contributed by atoms with Gasteiger partial charge in [0, 0.05) is 38.3 Å². The molecule has 9 heteroatoms. The van der Waals surface area contributed by atoms with Crippen molar-refractivity contribution in [3.63, 3.8) is 0 Å². The fourth-order valence-electron chi connectivity index (χ4n) is 3.02. The summed E-state index contributed by atoms with van der Waals surface area (Å²) in [7, 11) is -3.63. The molecule has 1 aliphatic heterocycles. The van der Waals surface area contributed by atoms with Gasteiger partial charge in [0.05, 0.1) is 9.82 Å². The van der Waals surface area contributed by atoms with Crippen LogP contribution < -0.4 is 4.90 Å². The van der Waals surface area contributed by atoms with Gasteiger partial charge in [-0.2, -0.15) is 4.31 Å². The van der Waals surface area contributed by atoms with Crippen molar-refractivity contribution in [3.05, 3.63) is 64.5 Å². The number of hydrogen-bond acceptors (Lipinski definition) is 5. The zero-order valence-electron chi connectivity index (χ0n) is 13.9. The van der Waals surface area contributed by atoms with Crippen LogP contribution >= 0.6 is 0 Å². The monoisotopic (exact) mass is 379 g/mol. The number of nitrogens with zero attached hydrogens (tertiary/aromatic N) is 3. The van der Waals surface area contributed by atoms with E-state index in [1.165, 1.54) is 16.4 Å². The van der Waals surface area contributed by atoms with Crippen LogP contribution in [0.15, 0.2) is 53.4 Å². The number of rotatable bonds is 4. The van der Waals surface area contributed by atoms with Crippen LogP contribution in [0, 0.1) is 15.9 Å². The van der Waals surface area contributed by atoms with Crippen LogP contribution in [-0.2, 0) is 10.0 Å². The van der Waals surface area contributed by atoms with Crippen molar-refractivity contribution in [1.29, 1.82) is 0 Å². The Bertz CT molecular complexity index is 905. The van der Waals surface area contributed by atoms with Gasteiger partial charge in [-0.15, -0.1) is 0 Å². The average molecular weight is 379 g/mol. The molecule has 0 aromatic heterocycles. The fraction of sp³-hybridized carbons (Fsp3) is 0.294. The van der Waals surface area contributed by atoms with Gasteiger partial charge >= 0.3 is 0 Å². The summed E-state index contributed by atoms with van der Waals surface area (Å²) in [6, 6.07) is 11.4. The van der Waals surface area contributed by atoms with Gasteiger partial charge in [0.25, 0.3) is 5.69 Å². The van der Waals surface area contributed by atoms with E-state index in [9.17, 15) is 22.9 Å². The molecular weight excluding hydrogens is 361 g/mol. The summed E-state index contributed by atoms with van der Waals surface area (Å²) in [5, 5.41) is 11.2.